The van der Waals surface area contributed by atoms with Gasteiger partial charge >= 0.3 is 0 Å². The zero-order valence-electron chi connectivity index (χ0n) is 13.7. The highest BCUT2D eigenvalue weighted by Crippen LogP contribution is 2.24. The Bertz CT molecular complexity index is 470. The van der Waals surface area contributed by atoms with Crippen LogP contribution in [0.3, 0.4) is 0 Å². The summed E-state index contributed by atoms with van der Waals surface area (Å²) in [7, 11) is 1.56. The second-order valence-corrected chi connectivity index (χ2v) is 6.26. The molecule has 0 unspecified atom stereocenters. The number of anilines is 1. The highest BCUT2D eigenvalue weighted by Gasteiger charge is 2.19. The van der Waals surface area contributed by atoms with Gasteiger partial charge in [0.25, 0.3) is 5.91 Å². The molecule has 3 N–H and O–H groups in total. The first-order chi connectivity index (χ1) is 9.89. The number of nitrogens with two attached hydrogens (primary N) is 1. The van der Waals surface area contributed by atoms with Gasteiger partial charge in [0.1, 0.15) is 5.75 Å². The Labute approximate surface area is 128 Å². The summed E-state index contributed by atoms with van der Waals surface area (Å²) in [6.45, 7) is 7.24. The third-order valence-corrected chi connectivity index (χ3v) is 3.68. The molecule has 21 heavy (non-hydrogen) atoms. The number of unbranched alkanes of at least 4 members (excludes halogenated alkanes) is 2. The molecule has 1 aromatic carbocycles. The summed E-state index contributed by atoms with van der Waals surface area (Å²) < 4.78 is 5.09. The van der Waals surface area contributed by atoms with Gasteiger partial charge in [-0.3, -0.25) is 4.79 Å². The Morgan fingerprint density at radius 3 is 2.62 bits per heavy atom. The monoisotopic (exact) mass is 292 g/mol. The quantitative estimate of drug-likeness (QED) is 0.568. The molecule has 4 heteroatoms. The standard InChI is InChI=1S/C17H28N2O2/c1-5-6-7-10-17(2,3)12-19-16(20)13-8-9-15(21-4)14(18)11-13/h8-9,11H,5-7,10,12,18H2,1-4H3,(H,19,20). The maximum absolute atomic E-state index is 12.2. The fraction of sp³-hybridized carbons (Fsp3) is 0.588. The molecule has 0 aliphatic carbocycles. The number of amides is 1. The van der Waals surface area contributed by atoms with E-state index < -0.39 is 0 Å². The van der Waals surface area contributed by atoms with Crippen molar-refractivity contribution in [2.45, 2.75) is 46.5 Å². The molecule has 0 aliphatic rings. The van der Waals surface area contributed by atoms with E-state index in [-0.39, 0.29) is 11.3 Å². The summed E-state index contributed by atoms with van der Waals surface area (Å²) in [5.74, 6) is 0.499. The smallest absolute Gasteiger partial charge is 0.251 e. The summed E-state index contributed by atoms with van der Waals surface area (Å²) >= 11 is 0. The van der Waals surface area contributed by atoms with E-state index in [1.807, 2.05) is 0 Å². The molecule has 0 aliphatic heterocycles. The van der Waals surface area contributed by atoms with Crippen LogP contribution in [0.25, 0.3) is 0 Å². The lowest BCUT2D eigenvalue weighted by Crippen LogP contribution is -2.34. The second kappa shape index (κ2) is 7.91. The highest BCUT2D eigenvalue weighted by atomic mass is 16.5. The van der Waals surface area contributed by atoms with E-state index in [9.17, 15) is 4.79 Å². The van der Waals surface area contributed by atoms with Crippen LogP contribution in [-0.2, 0) is 0 Å². The number of hydrogen-bond acceptors (Lipinski definition) is 3. The zero-order valence-corrected chi connectivity index (χ0v) is 13.7. The minimum Gasteiger partial charge on any atom is -0.495 e. The average Bonchev–Trinajstić information content (AvgIpc) is 2.45. The fourth-order valence-corrected chi connectivity index (χ4v) is 2.24. The van der Waals surface area contributed by atoms with Crippen LogP contribution >= 0.6 is 0 Å². The van der Waals surface area contributed by atoms with Gasteiger partial charge in [-0.25, -0.2) is 0 Å². The van der Waals surface area contributed by atoms with E-state index in [0.29, 0.717) is 23.5 Å². The molecule has 0 bridgehead atoms. The van der Waals surface area contributed by atoms with Crippen molar-refractivity contribution in [3.63, 3.8) is 0 Å². The summed E-state index contributed by atoms with van der Waals surface area (Å²) in [5, 5.41) is 3.00. The second-order valence-electron chi connectivity index (χ2n) is 6.26. The van der Waals surface area contributed by atoms with Crippen molar-refractivity contribution in [1.29, 1.82) is 0 Å². The van der Waals surface area contributed by atoms with Crippen LogP contribution in [0.15, 0.2) is 18.2 Å². The first kappa shape index (κ1) is 17.3. The SMILES string of the molecule is CCCCCC(C)(C)CNC(=O)c1ccc(OC)c(N)c1. The predicted octanol–water partition coefficient (Wildman–Crippen LogP) is 3.61. The third-order valence-electron chi connectivity index (χ3n) is 3.68. The molecule has 0 fully saturated rings. The maximum Gasteiger partial charge on any atom is 0.251 e. The molecule has 0 aromatic heterocycles. The van der Waals surface area contributed by atoms with Crippen LogP contribution < -0.4 is 15.8 Å². The van der Waals surface area contributed by atoms with Crippen LogP contribution in [0, 0.1) is 5.41 Å². The number of nitrogens with one attached hydrogen (secondary N) is 1. The number of nitrogen functional groups attached to an aromatic ring is 1. The van der Waals surface area contributed by atoms with E-state index in [1.54, 1.807) is 25.3 Å². The molecular weight excluding hydrogens is 264 g/mol. The molecule has 0 atom stereocenters. The maximum atomic E-state index is 12.2. The van der Waals surface area contributed by atoms with E-state index in [2.05, 4.69) is 26.1 Å². The zero-order chi connectivity index (χ0) is 15.9. The number of carbonyl (C=O) groups excluding carboxylic acids is 1. The number of benzene rings is 1. The lowest BCUT2D eigenvalue weighted by molar-refractivity contribution is 0.0934. The lowest BCUT2D eigenvalue weighted by atomic mass is 9.87. The van der Waals surface area contributed by atoms with Crippen molar-refractivity contribution in [3.05, 3.63) is 23.8 Å². The van der Waals surface area contributed by atoms with Crippen LogP contribution in [-0.4, -0.2) is 19.6 Å². The van der Waals surface area contributed by atoms with E-state index >= 15 is 0 Å². The minimum absolute atomic E-state index is 0.0899. The van der Waals surface area contributed by atoms with E-state index in [1.165, 1.54) is 19.3 Å². The number of methoxy groups -OCH3 is 1. The van der Waals surface area contributed by atoms with Gasteiger partial charge in [0.15, 0.2) is 0 Å². The van der Waals surface area contributed by atoms with Crippen LogP contribution in [0.2, 0.25) is 0 Å². The topological polar surface area (TPSA) is 64.3 Å². The summed E-state index contributed by atoms with van der Waals surface area (Å²) in [4.78, 5) is 12.2. The largest absolute Gasteiger partial charge is 0.495 e. The lowest BCUT2D eigenvalue weighted by Gasteiger charge is -2.25. The van der Waals surface area contributed by atoms with Crippen molar-refractivity contribution < 1.29 is 9.53 Å². The molecule has 0 saturated heterocycles. The fourth-order valence-electron chi connectivity index (χ4n) is 2.24. The Morgan fingerprint density at radius 2 is 2.05 bits per heavy atom. The van der Waals surface area contributed by atoms with Gasteiger partial charge in [-0.2, -0.15) is 0 Å². The molecule has 1 aromatic rings. The van der Waals surface area contributed by atoms with Crippen molar-refractivity contribution >= 4 is 11.6 Å². The molecule has 0 saturated carbocycles. The van der Waals surface area contributed by atoms with Crippen molar-refractivity contribution in [1.82, 2.24) is 5.32 Å². The van der Waals surface area contributed by atoms with Gasteiger partial charge in [-0.05, 0) is 30.0 Å². The molecule has 4 nitrogen and oxygen atoms in total. The molecule has 0 heterocycles. The molecule has 1 rings (SSSR count). The van der Waals surface area contributed by atoms with Gasteiger partial charge < -0.3 is 15.8 Å². The predicted molar refractivity (Wildman–Crippen MR) is 87.7 cm³/mol. The molecule has 1 amide bonds. The molecule has 118 valence electrons. The van der Waals surface area contributed by atoms with Crippen molar-refractivity contribution in [2.24, 2.45) is 5.41 Å². The van der Waals surface area contributed by atoms with E-state index in [4.69, 9.17) is 10.5 Å². The molecule has 0 spiro atoms. The van der Waals surface area contributed by atoms with Crippen molar-refractivity contribution in [2.75, 3.05) is 19.4 Å². The summed E-state index contributed by atoms with van der Waals surface area (Å²) in [6, 6.07) is 5.10. The van der Waals surface area contributed by atoms with Crippen LogP contribution in [0.1, 0.15) is 56.8 Å². The average molecular weight is 292 g/mol. The summed E-state index contributed by atoms with van der Waals surface area (Å²) in [5.41, 5.74) is 6.99. The Hall–Kier alpha value is -1.71. The Kier molecular flexibility index (Phi) is 6.53. The first-order valence-electron chi connectivity index (χ1n) is 7.61. The molecular formula is C17H28N2O2. The van der Waals surface area contributed by atoms with Gasteiger partial charge in [0.2, 0.25) is 0 Å². The molecule has 0 radical (unpaired) electrons. The van der Waals surface area contributed by atoms with Crippen LogP contribution in [0.5, 0.6) is 5.75 Å². The van der Waals surface area contributed by atoms with Gasteiger partial charge in [-0.1, -0.05) is 40.0 Å². The Morgan fingerprint density at radius 1 is 1.33 bits per heavy atom. The Balaban J connectivity index is 2.55. The number of rotatable bonds is 8. The normalized spacial score (nSPS) is 11.2. The first-order valence-corrected chi connectivity index (χ1v) is 7.61. The number of ether oxygens (including phenoxy) is 1. The number of carbonyl (C=O) groups is 1. The van der Waals surface area contributed by atoms with Crippen molar-refractivity contribution in [3.8, 4) is 5.75 Å². The van der Waals surface area contributed by atoms with E-state index in [0.717, 1.165) is 6.42 Å². The van der Waals surface area contributed by atoms with Crippen LogP contribution in [0.4, 0.5) is 5.69 Å². The van der Waals surface area contributed by atoms with Gasteiger partial charge in [0.05, 0.1) is 12.8 Å². The van der Waals surface area contributed by atoms with Gasteiger partial charge in [-0.15, -0.1) is 0 Å². The number of hydrogen-bond donors (Lipinski definition) is 2. The highest BCUT2D eigenvalue weighted by molar-refractivity contribution is 5.95. The summed E-state index contributed by atoms with van der Waals surface area (Å²) in [6.07, 6.45) is 4.78. The van der Waals surface area contributed by atoms with Gasteiger partial charge in [0, 0.05) is 12.1 Å². The minimum atomic E-state index is -0.0899. The third kappa shape index (κ3) is 5.66.